The Morgan fingerprint density at radius 1 is 1.14 bits per heavy atom. The van der Waals surface area contributed by atoms with Gasteiger partial charge in [0.05, 0.1) is 0 Å². The standard InChI is InChI=1S/C18H28O2.H3N/c1-14(2)11-12-18(5,17(3,4)16(19)20)13-15-9-7-6-8-10-15;/h6-10,14H,11-13H2,1-5H3,(H,19,20);1H3. The summed E-state index contributed by atoms with van der Waals surface area (Å²) in [4.78, 5) is 11.6. The van der Waals surface area contributed by atoms with Gasteiger partial charge in [0.2, 0.25) is 0 Å². The van der Waals surface area contributed by atoms with E-state index in [0.29, 0.717) is 5.92 Å². The molecule has 0 aromatic heterocycles. The Labute approximate surface area is 129 Å². The highest BCUT2D eigenvalue weighted by Crippen LogP contribution is 2.45. The second-order valence-corrected chi connectivity index (χ2v) is 7.07. The van der Waals surface area contributed by atoms with Crippen molar-refractivity contribution < 1.29 is 9.90 Å². The number of aliphatic carboxylic acids is 1. The average Bonchev–Trinajstić information content (AvgIpc) is 2.37. The summed E-state index contributed by atoms with van der Waals surface area (Å²) in [6.45, 7) is 10.0. The Balaban J connectivity index is 0.00000400. The molecule has 120 valence electrons. The molecule has 21 heavy (non-hydrogen) atoms. The van der Waals surface area contributed by atoms with Crippen molar-refractivity contribution in [2.24, 2.45) is 16.7 Å². The number of hydrogen-bond donors (Lipinski definition) is 1. The summed E-state index contributed by atoms with van der Waals surface area (Å²) in [5, 5.41) is 11.6. The lowest BCUT2D eigenvalue weighted by atomic mass is 9.61. The van der Waals surface area contributed by atoms with Gasteiger partial charge in [-0.2, -0.15) is 0 Å². The fourth-order valence-corrected chi connectivity index (χ4v) is 2.52. The highest BCUT2D eigenvalue weighted by Gasteiger charge is 2.41. The summed E-state index contributed by atoms with van der Waals surface area (Å²) in [6.07, 6.45) is 2.68. The van der Waals surface area contributed by atoms with E-state index in [4.69, 9.17) is 0 Å². The van der Waals surface area contributed by atoms with Crippen LogP contribution in [0.15, 0.2) is 30.3 Å². The monoisotopic (exact) mass is 293 g/mol. The fourth-order valence-electron chi connectivity index (χ4n) is 2.52. The van der Waals surface area contributed by atoms with E-state index in [0.717, 1.165) is 19.3 Å². The molecule has 1 rings (SSSR count). The van der Waals surface area contributed by atoms with Gasteiger partial charge in [0.1, 0.15) is 0 Å². The molecule has 1 aromatic rings. The van der Waals surface area contributed by atoms with E-state index < -0.39 is 11.4 Å². The van der Waals surface area contributed by atoms with Gasteiger partial charge in [-0.3, -0.25) is 0 Å². The van der Waals surface area contributed by atoms with Crippen molar-refractivity contribution in [1.29, 1.82) is 0 Å². The molecule has 1 aromatic carbocycles. The summed E-state index contributed by atoms with van der Waals surface area (Å²) in [6, 6.07) is 10.1. The van der Waals surface area contributed by atoms with Crippen molar-refractivity contribution in [1.82, 2.24) is 6.15 Å². The zero-order chi connectivity index (χ0) is 15.4. The van der Waals surface area contributed by atoms with Crippen LogP contribution >= 0.6 is 0 Å². The largest absolute Gasteiger partial charge is 0.550 e. The van der Waals surface area contributed by atoms with Gasteiger partial charge in [-0.05, 0) is 29.7 Å². The van der Waals surface area contributed by atoms with E-state index in [1.54, 1.807) is 13.8 Å². The molecule has 0 aliphatic heterocycles. The van der Waals surface area contributed by atoms with Crippen molar-refractivity contribution in [2.45, 2.75) is 53.9 Å². The summed E-state index contributed by atoms with van der Waals surface area (Å²) < 4.78 is 0. The number of hydrogen-bond acceptors (Lipinski definition) is 2. The van der Waals surface area contributed by atoms with Crippen LogP contribution in [0.25, 0.3) is 0 Å². The number of carboxylic acid groups (broad SMARTS) is 1. The lowest BCUT2D eigenvalue weighted by molar-refractivity contribution is -0.323. The second kappa shape index (κ2) is 7.60. The van der Waals surface area contributed by atoms with Crippen molar-refractivity contribution in [3.05, 3.63) is 35.9 Å². The molecule has 3 nitrogen and oxygen atoms in total. The van der Waals surface area contributed by atoms with Crippen LogP contribution in [-0.2, 0) is 11.2 Å². The summed E-state index contributed by atoms with van der Waals surface area (Å²) in [7, 11) is 0. The molecular weight excluding hydrogens is 262 g/mol. The number of carbonyl (C=O) groups excluding carboxylic acids is 1. The maximum absolute atomic E-state index is 11.6. The molecule has 0 bridgehead atoms. The molecule has 0 fully saturated rings. The molecule has 0 heterocycles. The molecule has 4 N–H and O–H groups in total. The van der Waals surface area contributed by atoms with Crippen molar-refractivity contribution in [2.75, 3.05) is 0 Å². The van der Waals surface area contributed by atoms with E-state index in [1.165, 1.54) is 5.56 Å². The predicted molar refractivity (Wildman–Crippen MR) is 87.1 cm³/mol. The van der Waals surface area contributed by atoms with Gasteiger partial charge in [0, 0.05) is 11.4 Å². The third-order valence-corrected chi connectivity index (χ3v) is 4.73. The Morgan fingerprint density at radius 2 is 1.67 bits per heavy atom. The minimum absolute atomic E-state index is 0. The summed E-state index contributed by atoms with van der Waals surface area (Å²) in [5.41, 5.74) is 0.0305. The Morgan fingerprint density at radius 3 is 2.10 bits per heavy atom. The van der Waals surface area contributed by atoms with Crippen LogP contribution in [0.2, 0.25) is 0 Å². The first-order valence-corrected chi connectivity index (χ1v) is 7.44. The molecule has 0 aliphatic rings. The van der Waals surface area contributed by atoms with Crippen LogP contribution in [0, 0.1) is 16.7 Å². The lowest BCUT2D eigenvalue weighted by Crippen LogP contribution is -2.50. The van der Waals surface area contributed by atoms with Gasteiger partial charge in [0.25, 0.3) is 0 Å². The lowest BCUT2D eigenvalue weighted by Gasteiger charge is -2.46. The highest BCUT2D eigenvalue weighted by molar-refractivity contribution is 5.72. The molecule has 1 atom stereocenters. The molecule has 0 spiro atoms. The molecule has 0 amide bonds. The minimum Gasteiger partial charge on any atom is -0.550 e. The smallest absolute Gasteiger partial charge is 0.0476 e. The Kier molecular flexibility index (Phi) is 7.11. The van der Waals surface area contributed by atoms with E-state index in [-0.39, 0.29) is 11.6 Å². The first-order chi connectivity index (χ1) is 9.19. The van der Waals surface area contributed by atoms with Crippen LogP contribution in [0.4, 0.5) is 0 Å². The van der Waals surface area contributed by atoms with Gasteiger partial charge >= 0.3 is 0 Å². The number of carbonyl (C=O) groups is 1. The van der Waals surface area contributed by atoms with E-state index in [2.05, 4.69) is 32.9 Å². The van der Waals surface area contributed by atoms with Crippen LogP contribution in [0.1, 0.15) is 53.0 Å². The minimum atomic E-state index is -0.959. The van der Waals surface area contributed by atoms with Crippen LogP contribution in [0.5, 0.6) is 0 Å². The first kappa shape index (κ1) is 19.7. The molecule has 0 saturated carbocycles. The molecule has 0 aliphatic carbocycles. The number of quaternary nitrogens is 1. The quantitative estimate of drug-likeness (QED) is 0.829. The molecule has 1 unspecified atom stereocenters. The number of benzene rings is 1. The topological polar surface area (TPSA) is 76.6 Å². The Bertz CT molecular complexity index is 440. The summed E-state index contributed by atoms with van der Waals surface area (Å²) >= 11 is 0. The normalized spacial score (nSPS) is 14.4. The van der Waals surface area contributed by atoms with Crippen LogP contribution < -0.4 is 11.3 Å². The number of rotatable bonds is 7. The molecule has 3 heteroatoms. The average molecular weight is 293 g/mol. The third kappa shape index (κ3) is 4.85. The SMILES string of the molecule is CC(C)CCC(C)(Cc1ccccc1)C(C)(C)C(=O)[O-].[NH4+]. The van der Waals surface area contributed by atoms with Gasteiger partial charge in [-0.25, -0.2) is 0 Å². The molecule has 0 saturated heterocycles. The van der Waals surface area contributed by atoms with E-state index >= 15 is 0 Å². The Hall–Kier alpha value is -1.35. The first-order valence-electron chi connectivity index (χ1n) is 7.44. The maximum Gasteiger partial charge on any atom is 0.0476 e. The third-order valence-electron chi connectivity index (χ3n) is 4.73. The zero-order valence-electron chi connectivity index (χ0n) is 14.4. The van der Waals surface area contributed by atoms with Crippen LogP contribution in [-0.4, -0.2) is 5.97 Å². The molecule has 0 radical (unpaired) electrons. The fraction of sp³-hybridized carbons (Fsp3) is 0.611. The van der Waals surface area contributed by atoms with Crippen molar-refractivity contribution >= 4 is 5.97 Å². The van der Waals surface area contributed by atoms with Crippen molar-refractivity contribution in [3.63, 3.8) is 0 Å². The highest BCUT2D eigenvalue weighted by atomic mass is 16.4. The van der Waals surface area contributed by atoms with Gasteiger partial charge in [-0.15, -0.1) is 0 Å². The van der Waals surface area contributed by atoms with Gasteiger partial charge in [0.15, 0.2) is 0 Å². The van der Waals surface area contributed by atoms with Gasteiger partial charge < -0.3 is 16.1 Å². The van der Waals surface area contributed by atoms with Crippen LogP contribution in [0.3, 0.4) is 0 Å². The predicted octanol–water partition coefficient (Wildman–Crippen LogP) is 3.82. The summed E-state index contributed by atoms with van der Waals surface area (Å²) in [5.74, 6) is -0.387. The van der Waals surface area contributed by atoms with E-state index in [9.17, 15) is 9.90 Å². The van der Waals surface area contributed by atoms with Crippen molar-refractivity contribution in [3.8, 4) is 0 Å². The molecular formula is C18H31NO2. The maximum atomic E-state index is 11.6. The van der Waals surface area contributed by atoms with Gasteiger partial charge in [-0.1, -0.05) is 71.4 Å². The zero-order valence-corrected chi connectivity index (χ0v) is 14.4. The number of carboxylic acids is 1. The van der Waals surface area contributed by atoms with E-state index in [1.807, 2.05) is 18.2 Å². The second-order valence-electron chi connectivity index (χ2n) is 7.07.